The van der Waals surface area contributed by atoms with Gasteiger partial charge in [0.2, 0.25) is 5.24 Å². The minimum Gasteiger partial charge on any atom is -0.276 e. The number of halogens is 1. The second-order valence-electron chi connectivity index (χ2n) is 1.98. The maximum Gasteiger partial charge on any atom is 0.247 e. The summed E-state index contributed by atoms with van der Waals surface area (Å²) >= 11 is 5.10. The van der Waals surface area contributed by atoms with E-state index in [-0.39, 0.29) is 5.24 Å². The summed E-state index contributed by atoms with van der Waals surface area (Å²) in [5.74, 6) is 0. The number of carbonyl (C=O) groups is 1. The van der Waals surface area contributed by atoms with Crippen LogP contribution in [0.4, 0.5) is 0 Å². The van der Waals surface area contributed by atoms with E-state index >= 15 is 0 Å². The van der Waals surface area contributed by atoms with Gasteiger partial charge in [0.05, 0.1) is 0 Å². The third-order valence-electron chi connectivity index (χ3n) is 0.820. The van der Waals surface area contributed by atoms with Crippen molar-refractivity contribution in [1.29, 1.82) is 0 Å². The van der Waals surface area contributed by atoms with Gasteiger partial charge < -0.3 is 0 Å². The van der Waals surface area contributed by atoms with Crippen LogP contribution >= 0.6 is 11.6 Å². The van der Waals surface area contributed by atoms with Crippen molar-refractivity contribution in [2.24, 2.45) is 0 Å². The van der Waals surface area contributed by atoms with Gasteiger partial charge in [0.1, 0.15) is 0 Å². The van der Waals surface area contributed by atoms with E-state index in [0.717, 1.165) is 6.42 Å². The number of carbonyl (C=O) groups excluding carboxylic acids is 1. The van der Waals surface area contributed by atoms with Crippen LogP contribution in [-0.4, -0.2) is 5.24 Å². The Hall–Kier alpha value is -0.560. The molecule has 0 atom stereocenters. The summed E-state index contributed by atoms with van der Waals surface area (Å²) in [5, 5.41) is -0.355. The molecule has 15 heavy (non-hydrogen) atoms. The normalized spacial score (nSPS) is 7.87. The Kier molecular flexibility index (Phi) is 46.6. The van der Waals surface area contributed by atoms with E-state index in [1.165, 1.54) is 0 Å². The van der Waals surface area contributed by atoms with Gasteiger partial charge in [-0.3, -0.25) is 4.79 Å². The topological polar surface area (TPSA) is 17.1 Å². The van der Waals surface area contributed by atoms with Crippen LogP contribution in [0.15, 0.2) is 24.3 Å². The first-order valence-corrected chi connectivity index (χ1v) is 5.91. The SMILES string of the molecule is C=CC.CC.CC.CC/C=C(\C)C(=O)Cl. The van der Waals surface area contributed by atoms with Crippen LogP contribution in [-0.2, 0) is 4.79 Å². The molecule has 0 aromatic heterocycles. The number of hydrogen-bond acceptors (Lipinski definition) is 1. The lowest BCUT2D eigenvalue weighted by molar-refractivity contribution is -0.108. The van der Waals surface area contributed by atoms with Gasteiger partial charge in [0.25, 0.3) is 0 Å². The first kappa shape index (κ1) is 23.9. The first-order valence-electron chi connectivity index (χ1n) is 5.53. The molecule has 1 nitrogen and oxygen atoms in total. The Balaban J connectivity index is -0.0000000726. The number of rotatable bonds is 2. The lowest BCUT2D eigenvalue weighted by Crippen LogP contribution is -1.85. The van der Waals surface area contributed by atoms with E-state index in [1.807, 2.05) is 41.5 Å². The fraction of sp³-hybridized carbons (Fsp3) is 0.615. The van der Waals surface area contributed by atoms with Gasteiger partial charge in [0.15, 0.2) is 0 Å². The van der Waals surface area contributed by atoms with Crippen molar-refractivity contribution in [3.8, 4) is 0 Å². The van der Waals surface area contributed by atoms with Crippen molar-refractivity contribution < 1.29 is 4.79 Å². The Morgan fingerprint density at radius 2 is 1.53 bits per heavy atom. The average Bonchev–Trinajstić information content (AvgIpc) is 2.25. The molecule has 0 heterocycles. The molecule has 92 valence electrons. The van der Waals surface area contributed by atoms with Crippen molar-refractivity contribution in [3.63, 3.8) is 0 Å². The molecular formula is C13H27ClO. The molecule has 0 spiro atoms. The lowest BCUT2D eigenvalue weighted by Gasteiger charge is -1.86. The predicted octanol–water partition coefficient (Wildman–Crippen LogP) is 5.35. The summed E-state index contributed by atoms with van der Waals surface area (Å²) in [6.07, 6.45) is 4.42. The Morgan fingerprint density at radius 3 is 1.60 bits per heavy atom. The fourth-order valence-corrected chi connectivity index (χ4v) is 0.464. The van der Waals surface area contributed by atoms with E-state index in [1.54, 1.807) is 19.1 Å². The van der Waals surface area contributed by atoms with Gasteiger partial charge in [-0.2, -0.15) is 0 Å². The van der Waals surface area contributed by atoms with E-state index in [9.17, 15) is 4.79 Å². The third kappa shape index (κ3) is 42.4. The third-order valence-corrected chi connectivity index (χ3v) is 1.12. The summed E-state index contributed by atoms with van der Waals surface area (Å²) in [4.78, 5) is 10.2. The molecule has 0 saturated carbocycles. The fourth-order valence-electron chi connectivity index (χ4n) is 0.386. The molecular weight excluding hydrogens is 208 g/mol. The van der Waals surface area contributed by atoms with Gasteiger partial charge in [0, 0.05) is 5.57 Å². The molecule has 0 N–H and O–H groups in total. The van der Waals surface area contributed by atoms with Crippen molar-refractivity contribution >= 4 is 16.8 Å². The molecule has 0 aliphatic heterocycles. The van der Waals surface area contributed by atoms with Crippen LogP contribution in [0.25, 0.3) is 0 Å². The highest BCUT2D eigenvalue weighted by atomic mass is 35.5. The summed E-state index contributed by atoms with van der Waals surface area (Å²) in [6, 6.07) is 0. The molecule has 0 aromatic carbocycles. The monoisotopic (exact) mass is 234 g/mol. The minimum absolute atomic E-state index is 0.355. The number of allylic oxidation sites excluding steroid dienone is 3. The van der Waals surface area contributed by atoms with Crippen LogP contribution < -0.4 is 0 Å². The molecule has 0 bridgehead atoms. The second-order valence-corrected chi connectivity index (χ2v) is 2.32. The molecule has 2 heteroatoms. The van der Waals surface area contributed by atoms with Gasteiger partial charge in [-0.1, -0.05) is 46.8 Å². The van der Waals surface area contributed by atoms with Crippen molar-refractivity contribution in [1.82, 2.24) is 0 Å². The average molecular weight is 235 g/mol. The molecule has 0 unspecified atom stereocenters. The summed E-state index contributed by atoms with van der Waals surface area (Å²) < 4.78 is 0. The first-order chi connectivity index (χ1) is 7.09. The molecule has 0 fully saturated rings. The van der Waals surface area contributed by atoms with Crippen LogP contribution in [0.5, 0.6) is 0 Å². The molecule has 0 saturated heterocycles. The van der Waals surface area contributed by atoms with Crippen LogP contribution in [0.2, 0.25) is 0 Å². The van der Waals surface area contributed by atoms with E-state index < -0.39 is 0 Å². The zero-order valence-corrected chi connectivity index (χ0v) is 12.1. The minimum atomic E-state index is -0.355. The Labute approximate surface area is 101 Å². The molecule has 0 aromatic rings. The van der Waals surface area contributed by atoms with Crippen LogP contribution in [0.1, 0.15) is 54.9 Å². The molecule has 0 aliphatic carbocycles. The summed E-state index contributed by atoms with van der Waals surface area (Å²) in [5.41, 5.74) is 0.633. The quantitative estimate of drug-likeness (QED) is 0.358. The van der Waals surface area contributed by atoms with Crippen molar-refractivity contribution in [2.75, 3.05) is 0 Å². The molecule has 0 amide bonds. The molecule has 0 radical (unpaired) electrons. The number of hydrogen-bond donors (Lipinski definition) is 0. The summed E-state index contributed by atoms with van der Waals surface area (Å²) in [7, 11) is 0. The predicted molar refractivity (Wildman–Crippen MR) is 73.5 cm³/mol. The van der Waals surface area contributed by atoms with Gasteiger partial charge in [-0.25, -0.2) is 0 Å². The zero-order chi connectivity index (χ0) is 13.3. The Bertz CT molecular complexity index is 149. The van der Waals surface area contributed by atoms with E-state index in [4.69, 9.17) is 11.6 Å². The highest BCUT2D eigenvalue weighted by Gasteiger charge is 1.94. The van der Waals surface area contributed by atoms with Crippen molar-refractivity contribution in [3.05, 3.63) is 24.3 Å². The Morgan fingerprint density at radius 1 is 1.27 bits per heavy atom. The van der Waals surface area contributed by atoms with Gasteiger partial charge >= 0.3 is 0 Å². The zero-order valence-electron chi connectivity index (χ0n) is 11.4. The van der Waals surface area contributed by atoms with Crippen LogP contribution in [0, 0.1) is 0 Å². The smallest absolute Gasteiger partial charge is 0.247 e. The van der Waals surface area contributed by atoms with E-state index in [0.29, 0.717) is 5.57 Å². The molecule has 0 rings (SSSR count). The van der Waals surface area contributed by atoms with Crippen molar-refractivity contribution in [2.45, 2.75) is 54.9 Å². The van der Waals surface area contributed by atoms with Crippen LogP contribution in [0.3, 0.4) is 0 Å². The van der Waals surface area contributed by atoms with E-state index in [2.05, 4.69) is 6.58 Å². The lowest BCUT2D eigenvalue weighted by atomic mass is 10.3. The maximum atomic E-state index is 10.2. The maximum absolute atomic E-state index is 10.2. The highest BCUT2D eigenvalue weighted by molar-refractivity contribution is 6.67. The highest BCUT2D eigenvalue weighted by Crippen LogP contribution is 1.98. The molecule has 0 aliphatic rings. The summed E-state index contributed by atoms with van der Waals surface area (Å²) in [6.45, 7) is 16.9. The van der Waals surface area contributed by atoms with Gasteiger partial charge in [-0.05, 0) is 31.9 Å². The van der Waals surface area contributed by atoms with Gasteiger partial charge in [-0.15, -0.1) is 6.58 Å². The standard InChI is InChI=1S/C6H9ClO.C3H6.2C2H6/c1-3-4-5(2)6(7)8;1-3-2;2*1-2/h4H,3H2,1-2H3;3H,1H2,2H3;2*1-2H3/b5-4+;;;. The second kappa shape index (κ2) is 29.2. The largest absolute Gasteiger partial charge is 0.276 e.